The quantitative estimate of drug-likeness (QED) is 0.808. The molecule has 0 spiro atoms. The SMILES string of the molecule is O=C(ON1C(=O)c2ccccc2C1=O)c1ncoc1C1CCC1. The second-order valence-electron chi connectivity index (χ2n) is 5.52. The summed E-state index contributed by atoms with van der Waals surface area (Å²) >= 11 is 0. The second kappa shape index (κ2) is 5.05. The van der Waals surface area contributed by atoms with Crippen LogP contribution in [0.25, 0.3) is 0 Å². The van der Waals surface area contributed by atoms with Gasteiger partial charge in [0.15, 0.2) is 12.1 Å². The van der Waals surface area contributed by atoms with Crippen molar-refractivity contribution in [3.05, 3.63) is 53.2 Å². The third kappa shape index (κ3) is 2.04. The lowest BCUT2D eigenvalue weighted by atomic mass is 9.83. The van der Waals surface area contributed by atoms with E-state index in [1.165, 1.54) is 18.5 Å². The van der Waals surface area contributed by atoms with E-state index < -0.39 is 17.8 Å². The Kier molecular flexibility index (Phi) is 3.00. The van der Waals surface area contributed by atoms with E-state index in [0.717, 1.165) is 19.3 Å². The van der Waals surface area contributed by atoms with Crippen LogP contribution in [0.3, 0.4) is 0 Å². The average molecular weight is 312 g/mol. The van der Waals surface area contributed by atoms with E-state index in [2.05, 4.69) is 4.98 Å². The molecule has 0 saturated heterocycles. The number of rotatable bonds is 3. The molecule has 23 heavy (non-hydrogen) atoms. The van der Waals surface area contributed by atoms with Gasteiger partial charge in [0.05, 0.1) is 11.1 Å². The first-order valence-electron chi connectivity index (χ1n) is 7.30. The standard InChI is InChI=1S/C16H12N2O5/c19-14-10-6-1-2-7-11(10)15(20)18(14)23-16(21)12-13(22-8-17-12)9-4-3-5-9/h1-2,6-9H,3-5H2. The largest absolute Gasteiger partial charge is 0.447 e. The summed E-state index contributed by atoms with van der Waals surface area (Å²) in [6.07, 6.45) is 4.08. The van der Waals surface area contributed by atoms with Crippen molar-refractivity contribution in [2.24, 2.45) is 0 Å². The van der Waals surface area contributed by atoms with Gasteiger partial charge < -0.3 is 9.25 Å². The number of imide groups is 1. The maximum Gasteiger partial charge on any atom is 0.385 e. The number of nitrogens with zero attached hydrogens (tertiary/aromatic N) is 2. The van der Waals surface area contributed by atoms with Gasteiger partial charge >= 0.3 is 5.97 Å². The number of carbonyl (C=O) groups excluding carboxylic acids is 3. The fourth-order valence-corrected chi connectivity index (χ4v) is 2.74. The Bertz CT molecular complexity index is 786. The van der Waals surface area contributed by atoms with E-state index >= 15 is 0 Å². The molecular weight excluding hydrogens is 300 g/mol. The van der Waals surface area contributed by atoms with Gasteiger partial charge in [0.2, 0.25) is 0 Å². The first-order valence-corrected chi connectivity index (χ1v) is 7.30. The third-order valence-corrected chi connectivity index (χ3v) is 4.20. The molecule has 2 heterocycles. The molecule has 0 atom stereocenters. The molecular formula is C16H12N2O5. The van der Waals surface area contributed by atoms with E-state index in [4.69, 9.17) is 9.25 Å². The number of aromatic nitrogens is 1. The highest BCUT2D eigenvalue weighted by Crippen LogP contribution is 2.38. The maximum absolute atomic E-state index is 12.3. The van der Waals surface area contributed by atoms with Gasteiger partial charge in [0, 0.05) is 5.92 Å². The average Bonchev–Trinajstić information content (AvgIpc) is 3.06. The number of carbonyl (C=O) groups is 3. The zero-order valence-electron chi connectivity index (χ0n) is 12.0. The molecule has 2 aromatic rings. The van der Waals surface area contributed by atoms with Gasteiger partial charge in [-0.15, -0.1) is 0 Å². The van der Waals surface area contributed by atoms with Gasteiger partial charge in [0.1, 0.15) is 5.76 Å². The van der Waals surface area contributed by atoms with Crippen LogP contribution in [0.15, 0.2) is 35.1 Å². The predicted octanol–water partition coefficient (Wildman–Crippen LogP) is 2.31. The molecule has 4 rings (SSSR count). The number of benzene rings is 1. The molecule has 1 aliphatic carbocycles. The van der Waals surface area contributed by atoms with Crippen LogP contribution in [-0.4, -0.2) is 27.8 Å². The summed E-state index contributed by atoms with van der Waals surface area (Å²) in [5.74, 6) is -1.59. The van der Waals surface area contributed by atoms with E-state index in [1.807, 2.05) is 0 Å². The van der Waals surface area contributed by atoms with E-state index in [0.29, 0.717) is 10.8 Å². The molecule has 0 N–H and O–H groups in total. The van der Waals surface area contributed by atoms with Crippen molar-refractivity contribution in [2.45, 2.75) is 25.2 Å². The lowest BCUT2D eigenvalue weighted by molar-refractivity contribution is -0.0590. The Morgan fingerprint density at radius 1 is 1.17 bits per heavy atom. The van der Waals surface area contributed by atoms with Crippen LogP contribution >= 0.6 is 0 Å². The monoisotopic (exact) mass is 312 g/mol. The second-order valence-corrected chi connectivity index (χ2v) is 5.52. The first-order chi connectivity index (χ1) is 11.2. The molecule has 1 aromatic carbocycles. The molecule has 7 heteroatoms. The van der Waals surface area contributed by atoms with Crippen LogP contribution in [0.2, 0.25) is 0 Å². The van der Waals surface area contributed by atoms with Crippen molar-refractivity contribution < 1.29 is 23.6 Å². The minimum absolute atomic E-state index is 0.0197. The van der Waals surface area contributed by atoms with Crippen LogP contribution in [0.4, 0.5) is 0 Å². The molecule has 0 unspecified atom stereocenters. The fourth-order valence-electron chi connectivity index (χ4n) is 2.74. The lowest BCUT2D eigenvalue weighted by Gasteiger charge is -2.23. The lowest BCUT2D eigenvalue weighted by Crippen LogP contribution is -2.33. The molecule has 1 aliphatic heterocycles. The third-order valence-electron chi connectivity index (χ3n) is 4.20. The van der Waals surface area contributed by atoms with Gasteiger partial charge in [-0.05, 0) is 25.0 Å². The van der Waals surface area contributed by atoms with Crippen molar-refractivity contribution >= 4 is 17.8 Å². The van der Waals surface area contributed by atoms with Crippen LogP contribution in [-0.2, 0) is 4.84 Å². The van der Waals surface area contributed by atoms with Gasteiger partial charge in [-0.3, -0.25) is 9.59 Å². The molecule has 0 radical (unpaired) electrons. The van der Waals surface area contributed by atoms with Gasteiger partial charge in [-0.1, -0.05) is 23.6 Å². The Hall–Kier alpha value is -2.96. The van der Waals surface area contributed by atoms with Crippen LogP contribution in [0.1, 0.15) is 62.1 Å². The first kappa shape index (κ1) is 13.7. The van der Waals surface area contributed by atoms with Gasteiger partial charge in [0.25, 0.3) is 11.8 Å². The number of amides is 2. The zero-order valence-corrected chi connectivity index (χ0v) is 12.0. The number of fused-ring (bicyclic) bond motifs is 1. The van der Waals surface area contributed by atoms with Crippen molar-refractivity contribution in [3.8, 4) is 0 Å². The Labute approximate surface area is 130 Å². The molecule has 1 fully saturated rings. The minimum atomic E-state index is -0.866. The molecule has 2 amide bonds. The van der Waals surface area contributed by atoms with Crippen LogP contribution in [0.5, 0.6) is 0 Å². The summed E-state index contributed by atoms with van der Waals surface area (Å²) < 4.78 is 5.27. The Morgan fingerprint density at radius 3 is 2.39 bits per heavy atom. The van der Waals surface area contributed by atoms with E-state index in [9.17, 15) is 14.4 Å². The molecule has 116 valence electrons. The summed E-state index contributed by atoms with van der Waals surface area (Å²) in [5, 5.41) is 0.478. The van der Waals surface area contributed by atoms with Gasteiger partial charge in [-0.2, -0.15) is 0 Å². The van der Waals surface area contributed by atoms with Crippen LogP contribution < -0.4 is 0 Å². The van der Waals surface area contributed by atoms with E-state index in [-0.39, 0.29) is 22.7 Å². The van der Waals surface area contributed by atoms with Crippen LogP contribution in [0, 0.1) is 0 Å². The van der Waals surface area contributed by atoms with Gasteiger partial charge in [-0.25, -0.2) is 9.78 Å². The highest BCUT2D eigenvalue weighted by Gasteiger charge is 2.40. The maximum atomic E-state index is 12.3. The molecule has 1 aromatic heterocycles. The Balaban J connectivity index is 1.57. The molecule has 1 saturated carbocycles. The number of hydrogen-bond acceptors (Lipinski definition) is 6. The zero-order chi connectivity index (χ0) is 16.0. The van der Waals surface area contributed by atoms with E-state index in [1.54, 1.807) is 12.1 Å². The Morgan fingerprint density at radius 2 is 1.83 bits per heavy atom. The van der Waals surface area contributed by atoms with Crippen molar-refractivity contribution in [1.29, 1.82) is 0 Å². The van der Waals surface area contributed by atoms with Crippen molar-refractivity contribution in [1.82, 2.24) is 10.0 Å². The van der Waals surface area contributed by atoms with Crippen molar-refractivity contribution in [3.63, 3.8) is 0 Å². The predicted molar refractivity (Wildman–Crippen MR) is 75.5 cm³/mol. The summed E-state index contributed by atoms with van der Waals surface area (Å²) in [6, 6.07) is 6.31. The molecule has 0 bridgehead atoms. The molecule has 2 aliphatic rings. The minimum Gasteiger partial charge on any atom is -0.447 e. The number of hydrogen-bond donors (Lipinski definition) is 0. The summed E-state index contributed by atoms with van der Waals surface area (Å²) in [6.45, 7) is 0. The number of hydroxylamine groups is 2. The fraction of sp³-hybridized carbons (Fsp3) is 0.250. The van der Waals surface area contributed by atoms with Crippen molar-refractivity contribution in [2.75, 3.05) is 0 Å². The normalized spacial score (nSPS) is 17.1. The smallest absolute Gasteiger partial charge is 0.385 e. The highest BCUT2D eigenvalue weighted by molar-refractivity contribution is 6.21. The number of oxazole rings is 1. The molecule has 7 nitrogen and oxygen atoms in total. The summed E-state index contributed by atoms with van der Waals surface area (Å²) in [4.78, 5) is 45.5. The topological polar surface area (TPSA) is 89.7 Å². The summed E-state index contributed by atoms with van der Waals surface area (Å²) in [5.41, 5.74) is 0.445. The summed E-state index contributed by atoms with van der Waals surface area (Å²) in [7, 11) is 0. The highest BCUT2D eigenvalue weighted by atomic mass is 16.7.